The average molecular weight is 459 g/mol. The van der Waals surface area contributed by atoms with Crippen LogP contribution in [0.1, 0.15) is 19.8 Å². The third-order valence-electron chi connectivity index (χ3n) is 4.18. The van der Waals surface area contributed by atoms with Crippen LogP contribution in [0.25, 0.3) is 11.0 Å². The third-order valence-corrected chi connectivity index (χ3v) is 4.71. The van der Waals surface area contributed by atoms with Crippen molar-refractivity contribution < 1.29 is 4.74 Å². The molecule has 1 N–H and O–H groups in total. The summed E-state index contributed by atoms with van der Waals surface area (Å²) in [4.78, 5) is 0. The van der Waals surface area contributed by atoms with E-state index in [9.17, 15) is 0 Å². The topological polar surface area (TPSA) is 42.9 Å². The Kier molecular flexibility index (Phi) is 7.62. The highest BCUT2D eigenvalue weighted by Crippen LogP contribution is 2.27. The molecule has 7 heteroatoms. The second-order valence-corrected chi connectivity index (χ2v) is 6.74. The van der Waals surface area contributed by atoms with E-state index in [1.807, 2.05) is 22.8 Å². The molecule has 140 valence electrons. The number of aromatic nitrogens is 2. The quantitative estimate of drug-likeness (QED) is 0.485. The molecule has 0 unspecified atom stereocenters. The summed E-state index contributed by atoms with van der Waals surface area (Å²) in [5, 5.41) is 9.61. The van der Waals surface area contributed by atoms with Crippen molar-refractivity contribution in [3.63, 3.8) is 0 Å². The predicted octanol–water partition coefficient (Wildman–Crippen LogP) is 5.69. The molecule has 0 spiro atoms. The van der Waals surface area contributed by atoms with Gasteiger partial charge < -0.3 is 13.9 Å². The Morgan fingerprint density at radius 3 is 2.27 bits per heavy atom. The molecule has 0 aliphatic carbocycles. The van der Waals surface area contributed by atoms with Gasteiger partial charge in [-0.2, -0.15) is 0 Å². The minimum Gasteiger partial charge on any atom is -0.490 e. The molecule has 1 heterocycles. The molecular weight excluding hydrogens is 437 g/mol. The summed E-state index contributed by atoms with van der Waals surface area (Å²) >= 11 is 12.0. The lowest BCUT2D eigenvalue weighted by Crippen LogP contribution is -2.26. The van der Waals surface area contributed by atoms with Crippen molar-refractivity contribution in [1.29, 1.82) is 5.41 Å². The van der Waals surface area contributed by atoms with Crippen LogP contribution < -0.4 is 10.4 Å². The molecule has 0 amide bonds. The van der Waals surface area contributed by atoms with E-state index in [1.165, 1.54) is 0 Å². The number of aryl methyl sites for hydroxylation is 1. The van der Waals surface area contributed by atoms with Crippen LogP contribution in [0.2, 0.25) is 10.0 Å². The zero-order valence-corrected chi connectivity index (χ0v) is 17.8. The monoisotopic (exact) mass is 457 g/mol. The van der Waals surface area contributed by atoms with E-state index in [4.69, 9.17) is 33.3 Å². The highest BCUT2D eigenvalue weighted by Gasteiger charge is 2.10. The fraction of sp³-hybridized carbons (Fsp3) is 0.316. The van der Waals surface area contributed by atoms with E-state index in [0.717, 1.165) is 30.4 Å². The summed E-state index contributed by atoms with van der Waals surface area (Å²) in [5.74, 6) is 0.605. The minimum atomic E-state index is 0. The molecule has 0 radical (unpaired) electrons. The van der Waals surface area contributed by atoms with E-state index in [2.05, 4.69) is 17.6 Å². The first-order chi connectivity index (χ1) is 12.1. The highest BCUT2D eigenvalue weighted by molar-refractivity contribution is 8.93. The van der Waals surface area contributed by atoms with Crippen molar-refractivity contribution in [1.82, 2.24) is 9.13 Å². The van der Waals surface area contributed by atoms with Gasteiger partial charge in [-0.3, -0.25) is 5.41 Å². The molecule has 0 atom stereocenters. The summed E-state index contributed by atoms with van der Waals surface area (Å²) in [6.07, 6.45) is 2.16. The molecule has 0 saturated heterocycles. The fourth-order valence-electron chi connectivity index (χ4n) is 2.90. The lowest BCUT2D eigenvalue weighted by molar-refractivity contribution is 0.296. The third kappa shape index (κ3) is 4.45. The molecule has 0 fully saturated rings. The van der Waals surface area contributed by atoms with Crippen molar-refractivity contribution in [3.05, 3.63) is 58.1 Å². The summed E-state index contributed by atoms with van der Waals surface area (Å²) in [7, 11) is 0. The van der Waals surface area contributed by atoms with Gasteiger partial charge in [0.1, 0.15) is 12.4 Å². The smallest absolute Gasteiger partial charge is 0.203 e. The molecule has 4 nitrogen and oxygen atoms in total. The zero-order chi connectivity index (χ0) is 17.8. The van der Waals surface area contributed by atoms with Gasteiger partial charge in [0.25, 0.3) is 0 Å². The Morgan fingerprint density at radius 1 is 1.00 bits per heavy atom. The SMILES string of the molecule is Br.CCCCn1c(=N)n(CCOc2ccc(Cl)cc2Cl)c2ccccc21. The normalized spacial score (nSPS) is 10.7. The molecule has 0 bridgehead atoms. The van der Waals surface area contributed by atoms with Crippen LogP contribution in [0.15, 0.2) is 42.5 Å². The van der Waals surface area contributed by atoms with Crippen LogP contribution in [0.4, 0.5) is 0 Å². The van der Waals surface area contributed by atoms with Gasteiger partial charge in [0, 0.05) is 11.6 Å². The molecule has 0 saturated carbocycles. The van der Waals surface area contributed by atoms with E-state index in [1.54, 1.807) is 18.2 Å². The lowest BCUT2D eigenvalue weighted by atomic mass is 10.3. The first-order valence-corrected chi connectivity index (χ1v) is 9.18. The Balaban J connectivity index is 0.00000243. The number of rotatable bonds is 7. The molecule has 26 heavy (non-hydrogen) atoms. The predicted molar refractivity (Wildman–Crippen MR) is 113 cm³/mol. The van der Waals surface area contributed by atoms with Gasteiger partial charge in [0.2, 0.25) is 5.62 Å². The molecular formula is C19H22BrCl2N3O. The summed E-state index contributed by atoms with van der Waals surface area (Å²) in [6.45, 7) is 4.02. The van der Waals surface area contributed by atoms with Crippen molar-refractivity contribution in [3.8, 4) is 5.75 Å². The largest absolute Gasteiger partial charge is 0.490 e. The number of halogens is 3. The van der Waals surface area contributed by atoms with Crippen LogP contribution in [0.3, 0.4) is 0 Å². The van der Waals surface area contributed by atoms with Crippen LogP contribution in [-0.4, -0.2) is 15.7 Å². The highest BCUT2D eigenvalue weighted by atomic mass is 79.9. The maximum atomic E-state index is 8.53. The van der Waals surface area contributed by atoms with Crippen molar-refractivity contribution >= 4 is 51.2 Å². The first kappa shape index (κ1) is 20.9. The van der Waals surface area contributed by atoms with Crippen LogP contribution in [-0.2, 0) is 13.1 Å². The van der Waals surface area contributed by atoms with Gasteiger partial charge >= 0.3 is 0 Å². The number of fused-ring (bicyclic) bond motifs is 1. The molecule has 3 rings (SSSR count). The molecule has 1 aromatic heterocycles. The number of hydrogen-bond acceptors (Lipinski definition) is 2. The van der Waals surface area contributed by atoms with E-state index < -0.39 is 0 Å². The molecule has 3 aromatic rings. The number of unbranched alkanes of at least 4 members (excludes halogenated alkanes) is 1. The number of benzene rings is 2. The number of hydrogen-bond donors (Lipinski definition) is 1. The standard InChI is InChI=1S/C19H21Cl2N3O.BrH/c1-2-3-10-23-16-6-4-5-7-17(16)24(19(23)22)11-12-25-18-9-8-14(20)13-15(18)21;/h4-9,13,22H,2-3,10-12H2,1H3;1H. The van der Waals surface area contributed by atoms with Crippen molar-refractivity contribution in [2.24, 2.45) is 0 Å². The molecule has 2 aromatic carbocycles. The minimum absolute atomic E-state index is 0. The van der Waals surface area contributed by atoms with Crippen LogP contribution in [0.5, 0.6) is 5.75 Å². The van der Waals surface area contributed by atoms with Gasteiger partial charge in [-0.05, 0) is 36.8 Å². The Hall–Kier alpha value is -1.43. The van der Waals surface area contributed by atoms with Gasteiger partial charge in [-0.1, -0.05) is 48.7 Å². The summed E-state index contributed by atoms with van der Waals surface area (Å²) < 4.78 is 9.83. The Morgan fingerprint density at radius 2 is 1.65 bits per heavy atom. The van der Waals surface area contributed by atoms with Gasteiger partial charge in [0.05, 0.1) is 22.6 Å². The maximum absolute atomic E-state index is 8.53. The average Bonchev–Trinajstić information content (AvgIpc) is 2.87. The second-order valence-electron chi connectivity index (χ2n) is 5.89. The number of ether oxygens (including phenoxy) is 1. The summed E-state index contributed by atoms with van der Waals surface area (Å²) in [6, 6.07) is 13.3. The Labute approximate surface area is 173 Å². The second kappa shape index (κ2) is 9.49. The van der Waals surface area contributed by atoms with E-state index >= 15 is 0 Å². The summed E-state index contributed by atoms with van der Waals surface area (Å²) in [5.41, 5.74) is 2.64. The fourth-order valence-corrected chi connectivity index (χ4v) is 3.37. The number of nitrogens with one attached hydrogen (secondary N) is 1. The van der Waals surface area contributed by atoms with Crippen LogP contribution in [0, 0.1) is 5.41 Å². The van der Waals surface area contributed by atoms with Crippen molar-refractivity contribution in [2.45, 2.75) is 32.9 Å². The van der Waals surface area contributed by atoms with Crippen molar-refractivity contribution in [2.75, 3.05) is 6.61 Å². The maximum Gasteiger partial charge on any atom is 0.203 e. The lowest BCUT2D eigenvalue weighted by Gasteiger charge is -2.09. The number of para-hydroxylation sites is 2. The van der Waals surface area contributed by atoms with Gasteiger partial charge in [-0.15, -0.1) is 17.0 Å². The molecule has 0 aliphatic heterocycles. The number of nitrogens with zero attached hydrogens (tertiary/aromatic N) is 2. The van der Waals surface area contributed by atoms with Gasteiger partial charge in [-0.25, -0.2) is 0 Å². The van der Waals surface area contributed by atoms with Gasteiger partial charge in [0.15, 0.2) is 0 Å². The van der Waals surface area contributed by atoms with Crippen LogP contribution >= 0.6 is 40.2 Å². The van der Waals surface area contributed by atoms with E-state index in [0.29, 0.717) is 34.6 Å². The first-order valence-electron chi connectivity index (χ1n) is 8.42. The number of imidazole rings is 1. The molecule has 0 aliphatic rings. The Bertz CT molecular complexity index is 936. The van der Waals surface area contributed by atoms with E-state index in [-0.39, 0.29) is 17.0 Å². The zero-order valence-electron chi connectivity index (χ0n) is 14.5.